The molecule has 0 bridgehead atoms. The highest BCUT2D eigenvalue weighted by atomic mass is 16.6. The van der Waals surface area contributed by atoms with Crippen LogP contribution in [-0.2, 0) is 9.59 Å². The number of piperidine rings is 1. The third-order valence-electron chi connectivity index (χ3n) is 6.30. The Balaban J connectivity index is 1.28. The summed E-state index contributed by atoms with van der Waals surface area (Å²) in [5.41, 5.74) is 2.49. The van der Waals surface area contributed by atoms with E-state index in [0.717, 1.165) is 18.4 Å². The molecular formula is C23H22N4O5. The molecule has 0 radical (unpaired) electrons. The SMILES string of the molecule is O=C(CN1C(=O)COc2ccc([N+](=O)[O-])cc21)N1CCC(c2c[nH]c3ccccc23)CC1. The lowest BCUT2D eigenvalue weighted by Crippen LogP contribution is -2.48. The largest absolute Gasteiger partial charge is 0.482 e. The molecule has 5 rings (SSSR count). The van der Waals surface area contributed by atoms with E-state index in [4.69, 9.17) is 4.74 Å². The molecule has 3 aromatic rings. The van der Waals surface area contributed by atoms with Crippen molar-refractivity contribution in [3.05, 3.63) is 64.3 Å². The maximum Gasteiger partial charge on any atom is 0.271 e. The fourth-order valence-electron chi connectivity index (χ4n) is 4.58. The van der Waals surface area contributed by atoms with Gasteiger partial charge in [-0.25, -0.2) is 0 Å². The number of nitro groups is 1. The van der Waals surface area contributed by atoms with Crippen molar-refractivity contribution in [2.45, 2.75) is 18.8 Å². The summed E-state index contributed by atoms with van der Waals surface area (Å²) in [6.45, 7) is 0.849. The molecule has 9 heteroatoms. The number of nitro benzene ring substituents is 1. The van der Waals surface area contributed by atoms with Crippen LogP contribution in [-0.4, -0.2) is 52.9 Å². The highest BCUT2D eigenvalue weighted by molar-refractivity contribution is 6.02. The maximum atomic E-state index is 13.0. The normalized spacial score (nSPS) is 16.7. The topological polar surface area (TPSA) is 109 Å². The highest BCUT2D eigenvalue weighted by Gasteiger charge is 2.32. The minimum absolute atomic E-state index is 0.154. The number of non-ortho nitro benzene ring substituents is 1. The van der Waals surface area contributed by atoms with E-state index in [1.807, 2.05) is 12.1 Å². The van der Waals surface area contributed by atoms with E-state index >= 15 is 0 Å². The molecule has 0 unspecified atom stereocenters. The molecule has 2 aliphatic heterocycles. The Bertz CT molecular complexity index is 1210. The molecule has 2 aromatic carbocycles. The van der Waals surface area contributed by atoms with Crippen molar-refractivity contribution in [2.24, 2.45) is 0 Å². The lowest BCUT2D eigenvalue weighted by Gasteiger charge is -2.35. The monoisotopic (exact) mass is 434 g/mol. The van der Waals surface area contributed by atoms with Crippen molar-refractivity contribution in [3.8, 4) is 5.75 Å². The number of carbonyl (C=O) groups excluding carboxylic acids is 2. The molecular weight excluding hydrogens is 412 g/mol. The number of ether oxygens (including phenoxy) is 1. The average molecular weight is 434 g/mol. The van der Waals surface area contributed by atoms with E-state index in [1.165, 1.54) is 34.0 Å². The van der Waals surface area contributed by atoms with Crippen LogP contribution in [0.5, 0.6) is 5.75 Å². The van der Waals surface area contributed by atoms with Gasteiger partial charge in [0.1, 0.15) is 12.3 Å². The van der Waals surface area contributed by atoms with Gasteiger partial charge in [0.25, 0.3) is 11.6 Å². The molecule has 1 fully saturated rings. The van der Waals surface area contributed by atoms with Gasteiger partial charge in [-0.1, -0.05) is 18.2 Å². The van der Waals surface area contributed by atoms with Gasteiger partial charge in [-0.05, 0) is 36.5 Å². The zero-order chi connectivity index (χ0) is 22.2. The lowest BCUT2D eigenvalue weighted by atomic mass is 9.89. The number of H-pyrrole nitrogens is 1. The zero-order valence-electron chi connectivity index (χ0n) is 17.3. The Morgan fingerprint density at radius 1 is 1.19 bits per heavy atom. The van der Waals surface area contributed by atoms with Gasteiger partial charge in [0, 0.05) is 42.3 Å². The minimum atomic E-state index is -0.533. The number of benzene rings is 2. The van der Waals surface area contributed by atoms with Gasteiger partial charge in [-0.15, -0.1) is 0 Å². The summed E-state index contributed by atoms with van der Waals surface area (Å²) in [5.74, 6) is 0.166. The summed E-state index contributed by atoms with van der Waals surface area (Å²) in [5, 5.41) is 12.4. The number of hydrogen-bond acceptors (Lipinski definition) is 5. The number of likely N-dealkylation sites (tertiary alicyclic amines) is 1. The predicted octanol–water partition coefficient (Wildman–Crippen LogP) is 3.21. The van der Waals surface area contributed by atoms with E-state index in [2.05, 4.69) is 23.3 Å². The second kappa shape index (κ2) is 7.99. The molecule has 2 aliphatic rings. The van der Waals surface area contributed by atoms with E-state index in [0.29, 0.717) is 24.8 Å². The van der Waals surface area contributed by atoms with Crippen molar-refractivity contribution in [3.63, 3.8) is 0 Å². The van der Waals surface area contributed by atoms with Crippen LogP contribution in [0.25, 0.3) is 10.9 Å². The number of carbonyl (C=O) groups is 2. The molecule has 0 saturated carbocycles. The number of aromatic nitrogens is 1. The molecule has 164 valence electrons. The molecule has 0 aliphatic carbocycles. The predicted molar refractivity (Wildman–Crippen MR) is 118 cm³/mol. The van der Waals surface area contributed by atoms with Crippen molar-refractivity contribution in [2.75, 3.05) is 31.1 Å². The van der Waals surface area contributed by atoms with Gasteiger partial charge in [-0.3, -0.25) is 24.6 Å². The number of rotatable bonds is 4. The van der Waals surface area contributed by atoms with Crippen LogP contribution < -0.4 is 9.64 Å². The van der Waals surface area contributed by atoms with E-state index in [9.17, 15) is 19.7 Å². The molecule has 0 spiro atoms. The van der Waals surface area contributed by atoms with E-state index in [-0.39, 0.29) is 36.3 Å². The number of hydrogen-bond donors (Lipinski definition) is 1. The Kier molecular flexibility index (Phi) is 5.01. The second-order valence-electron chi connectivity index (χ2n) is 8.12. The number of anilines is 1. The van der Waals surface area contributed by atoms with Crippen LogP contribution in [0.1, 0.15) is 24.3 Å². The average Bonchev–Trinajstić information content (AvgIpc) is 3.25. The van der Waals surface area contributed by atoms with Crippen molar-refractivity contribution >= 4 is 34.1 Å². The van der Waals surface area contributed by atoms with Crippen LogP contribution in [0.3, 0.4) is 0 Å². The van der Waals surface area contributed by atoms with E-state index in [1.54, 1.807) is 4.90 Å². The standard InChI is InChI=1S/C23H22N4O5/c28-22(13-26-20-11-16(27(30)31)5-6-21(20)32-14-23(26)29)25-9-7-15(8-10-25)18-12-24-19-4-2-1-3-17(18)19/h1-6,11-12,15,24H,7-10,13-14H2. The molecule has 1 N–H and O–H groups in total. The first-order valence-corrected chi connectivity index (χ1v) is 10.6. The summed E-state index contributed by atoms with van der Waals surface area (Å²) in [6, 6.07) is 12.3. The van der Waals surface area contributed by atoms with Crippen LogP contribution in [0.2, 0.25) is 0 Å². The third kappa shape index (κ3) is 3.55. The number of nitrogens with zero attached hydrogens (tertiary/aromatic N) is 3. The number of amides is 2. The smallest absolute Gasteiger partial charge is 0.271 e. The Hall–Kier alpha value is -3.88. The zero-order valence-corrected chi connectivity index (χ0v) is 17.3. The Morgan fingerprint density at radius 2 is 1.97 bits per heavy atom. The van der Waals surface area contributed by atoms with Crippen LogP contribution in [0, 0.1) is 10.1 Å². The fraction of sp³-hybridized carbons (Fsp3) is 0.304. The molecule has 3 heterocycles. The summed E-state index contributed by atoms with van der Waals surface area (Å²) in [6.07, 6.45) is 3.74. The number of fused-ring (bicyclic) bond motifs is 2. The molecule has 9 nitrogen and oxygen atoms in total. The second-order valence-corrected chi connectivity index (χ2v) is 8.12. The van der Waals surface area contributed by atoms with Crippen LogP contribution >= 0.6 is 0 Å². The summed E-state index contributed by atoms with van der Waals surface area (Å²) >= 11 is 0. The van der Waals surface area contributed by atoms with Crippen LogP contribution in [0.15, 0.2) is 48.7 Å². The first-order chi connectivity index (χ1) is 15.5. The molecule has 1 aromatic heterocycles. The van der Waals surface area contributed by atoms with Gasteiger partial charge in [-0.2, -0.15) is 0 Å². The van der Waals surface area contributed by atoms with Gasteiger partial charge in [0.2, 0.25) is 5.91 Å². The molecule has 0 atom stereocenters. The Morgan fingerprint density at radius 3 is 2.75 bits per heavy atom. The van der Waals surface area contributed by atoms with Gasteiger partial charge in [0.05, 0.1) is 10.6 Å². The summed E-state index contributed by atoms with van der Waals surface area (Å²) < 4.78 is 5.38. The first-order valence-electron chi connectivity index (χ1n) is 10.6. The van der Waals surface area contributed by atoms with Crippen molar-refractivity contribution < 1.29 is 19.2 Å². The maximum absolute atomic E-state index is 13.0. The highest BCUT2D eigenvalue weighted by Crippen LogP contribution is 2.36. The van der Waals surface area contributed by atoms with Gasteiger partial charge >= 0.3 is 0 Å². The third-order valence-corrected chi connectivity index (χ3v) is 6.30. The summed E-state index contributed by atoms with van der Waals surface area (Å²) in [7, 11) is 0. The number of para-hydroxylation sites is 1. The van der Waals surface area contributed by atoms with Crippen LogP contribution in [0.4, 0.5) is 11.4 Å². The Labute approximate surface area is 183 Å². The first kappa shape index (κ1) is 20.0. The molecule has 2 amide bonds. The molecule has 1 saturated heterocycles. The molecule has 32 heavy (non-hydrogen) atoms. The number of aromatic amines is 1. The van der Waals surface area contributed by atoms with Gasteiger partial charge in [0.15, 0.2) is 6.61 Å². The van der Waals surface area contributed by atoms with Crippen molar-refractivity contribution in [1.29, 1.82) is 0 Å². The van der Waals surface area contributed by atoms with Crippen molar-refractivity contribution in [1.82, 2.24) is 9.88 Å². The lowest BCUT2D eigenvalue weighted by molar-refractivity contribution is -0.384. The number of nitrogens with one attached hydrogen (secondary N) is 1. The minimum Gasteiger partial charge on any atom is -0.482 e. The van der Waals surface area contributed by atoms with E-state index < -0.39 is 4.92 Å². The van der Waals surface area contributed by atoms with Gasteiger partial charge < -0.3 is 14.6 Å². The summed E-state index contributed by atoms with van der Waals surface area (Å²) in [4.78, 5) is 42.4. The fourth-order valence-corrected chi connectivity index (χ4v) is 4.58. The quantitative estimate of drug-likeness (QED) is 0.501.